The van der Waals surface area contributed by atoms with Crippen molar-refractivity contribution in [1.82, 2.24) is 15.3 Å². The van der Waals surface area contributed by atoms with Crippen LogP contribution in [0.2, 0.25) is 0 Å². The van der Waals surface area contributed by atoms with E-state index in [1.807, 2.05) is 36.6 Å². The Morgan fingerprint density at radius 1 is 1.32 bits per heavy atom. The van der Waals surface area contributed by atoms with Gasteiger partial charge in [-0.15, -0.1) is 11.3 Å². The zero-order chi connectivity index (χ0) is 21.8. The van der Waals surface area contributed by atoms with Crippen LogP contribution in [-0.2, 0) is 24.3 Å². The molecule has 0 spiro atoms. The van der Waals surface area contributed by atoms with Gasteiger partial charge in [-0.05, 0) is 30.2 Å². The Balaban J connectivity index is 1.51. The maximum absolute atomic E-state index is 12.7. The molecule has 0 unspecified atom stereocenters. The van der Waals surface area contributed by atoms with Crippen LogP contribution in [0.5, 0.6) is 5.75 Å². The van der Waals surface area contributed by atoms with E-state index < -0.39 is 0 Å². The zero-order valence-electron chi connectivity index (χ0n) is 17.3. The lowest BCUT2D eigenvalue weighted by Gasteiger charge is -2.29. The molecule has 160 valence electrons. The van der Waals surface area contributed by atoms with Crippen molar-refractivity contribution in [2.75, 3.05) is 23.9 Å². The molecule has 3 heterocycles. The van der Waals surface area contributed by atoms with Crippen molar-refractivity contribution in [3.63, 3.8) is 0 Å². The van der Waals surface area contributed by atoms with E-state index >= 15 is 0 Å². The minimum atomic E-state index is -0.260. The average molecular weight is 438 g/mol. The van der Waals surface area contributed by atoms with Gasteiger partial charge in [-0.3, -0.25) is 9.59 Å². The Bertz CT molecular complexity index is 1100. The number of methoxy groups -OCH3 is 1. The van der Waals surface area contributed by atoms with Crippen LogP contribution in [0.3, 0.4) is 0 Å². The molecule has 0 saturated heterocycles. The van der Waals surface area contributed by atoms with Crippen LogP contribution >= 0.6 is 11.3 Å². The fourth-order valence-corrected chi connectivity index (χ4v) is 4.01. The largest absolute Gasteiger partial charge is 0.497 e. The van der Waals surface area contributed by atoms with E-state index in [1.165, 1.54) is 6.20 Å². The minimum absolute atomic E-state index is 0.0859. The number of amides is 2. The van der Waals surface area contributed by atoms with Crippen LogP contribution in [-0.4, -0.2) is 35.4 Å². The summed E-state index contributed by atoms with van der Waals surface area (Å²) in [7, 11) is 1.61. The molecule has 1 aliphatic rings. The molecule has 4 rings (SSSR count). The first-order valence-electron chi connectivity index (χ1n) is 9.96. The summed E-state index contributed by atoms with van der Waals surface area (Å²) in [5.41, 5.74) is 2.76. The summed E-state index contributed by atoms with van der Waals surface area (Å²) in [6.45, 7) is 2.93. The van der Waals surface area contributed by atoms with Gasteiger partial charge < -0.3 is 20.3 Å². The first-order valence-corrected chi connectivity index (χ1v) is 10.8. The number of thiazole rings is 1. The van der Waals surface area contributed by atoms with Gasteiger partial charge in [0.05, 0.1) is 48.7 Å². The van der Waals surface area contributed by atoms with Crippen molar-refractivity contribution in [3.8, 4) is 5.75 Å². The Morgan fingerprint density at radius 3 is 2.84 bits per heavy atom. The second-order valence-electron chi connectivity index (χ2n) is 7.04. The number of carbonyl (C=O) groups is 2. The first-order chi connectivity index (χ1) is 15.1. The van der Waals surface area contributed by atoms with Crippen LogP contribution < -0.4 is 20.3 Å². The number of anilines is 2. The van der Waals surface area contributed by atoms with Gasteiger partial charge in [-0.1, -0.05) is 19.1 Å². The van der Waals surface area contributed by atoms with Gasteiger partial charge in [0.15, 0.2) is 5.82 Å². The topological polar surface area (TPSA) is 96.5 Å². The van der Waals surface area contributed by atoms with Gasteiger partial charge in [-0.2, -0.15) is 0 Å². The van der Waals surface area contributed by atoms with E-state index in [0.717, 1.165) is 28.4 Å². The number of nitrogens with one attached hydrogen (secondary N) is 2. The predicted octanol–water partition coefficient (Wildman–Crippen LogP) is 3.00. The molecule has 0 radical (unpaired) electrons. The van der Waals surface area contributed by atoms with Crippen LogP contribution in [0.4, 0.5) is 11.5 Å². The maximum atomic E-state index is 12.7. The number of benzene rings is 1. The second-order valence-corrected chi connectivity index (χ2v) is 7.98. The third-order valence-electron chi connectivity index (χ3n) is 4.96. The summed E-state index contributed by atoms with van der Waals surface area (Å²) in [6, 6.07) is 9.23. The summed E-state index contributed by atoms with van der Waals surface area (Å²) >= 11 is 1.58. The van der Waals surface area contributed by atoms with Crippen molar-refractivity contribution >= 4 is 34.7 Å². The molecule has 8 nitrogen and oxygen atoms in total. The fraction of sp³-hybridized carbons (Fsp3) is 0.273. The molecule has 3 aromatic rings. The minimum Gasteiger partial charge on any atom is -0.497 e. The molecule has 0 fully saturated rings. The van der Waals surface area contributed by atoms with E-state index in [2.05, 4.69) is 20.6 Å². The summed E-state index contributed by atoms with van der Waals surface area (Å²) in [5.74, 6) is 0.986. The second kappa shape index (κ2) is 9.13. The third kappa shape index (κ3) is 4.66. The van der Waals surface area contributed by atoms with Crippen molar-refractivity contribution < 1.29 is 14.3 Å². The van der Waals surface area contributed by atoms with Gasteiger partial charge in [0.25, 0.3) is 5.91 Å². The molecule has 2 amide bonds. The number of nitrogens with zero attached hydrogens (tertiary/aromatic N) is 3. The Morgan fingerprint density at radius 2 is 2.13 bits per heavy atom. The summed E-state index contributed by atoms with van der Waals surface area (Å²) < 4.78 is 5.19. The van der Waals surface area contributed by atoms with Gasteiger partial charge in [0.1, 0.15) is 5.75 Å². The number of pyridine rings is 1. The van der Waals surface area contributed by atoms with E-state index in [1.54, 1.807) is 29.4 Å². The Hall–Kier alpha value is -3.46. The molecule has 9 heteroatoms. The van der Waals surface area contributed by atoms with Gasteiger partial charge >= 0.3 is 0 Å². The number of fused-ring (bicyclic) bond motifs is 1. The highest BCUT2D eigenvalue weighted by atomic mass is 32.1. The molecule has 0 aliphatic carbocycles. The smallest absolute Gasteiger partial charge is 0.253 e. The normalized spacial score (nSPS) is 12.8. The lowest BCUT2D eigenvalue weighted by molar-refractivity contribution is -0.117. The number of ether oxygens (including phenoxy) is 1. The Kier molecular flexibility index (Phi) is 6.13. The average Bonchev–Trinajstić information content (AvgIpc) is 3.27. The molecule has 2 N–H and O–H groups in total. The lowest BCUT2D eigenvalue weighted by Crippen LogP contribution is -2.40. The highest BCUT2D eigenvalue weighted by molar-refractivity contribution is 7.09. The number of hydrogen-bond donors (Lipinski definition) is 2. The molecule has 0 saturated carbocycles. The standard InChI is InChI=1S/C22H23N5O3S/c1-3-19-26-16(13-31-19)10-25-22(29)15-8-18-21(23-9-15)24-11-20(28)27(18)12-14-4-6-17(30-2)7-5-14/h4-9,13H,3,10-12H2,1-2H3,(H,23,24)(H,25,29). The van der Waals surface area contributed by atoms with Gasteiger partial charge in [0, 0.05) is 11.6 Å². The highest BCUT2D eigenvalue weighted by Gasteiger charge is 2.26. The number of hydrogen-bond acceptors (Lipinski definition) is 7. The lowest BCUT2D eigenvalue weighted by atomic mass is 10.1. The molecule has 1 aromatic carbocycles. The third-order valence-corrected chi connectivity index (χ3v) is 6.00. The molecule has 2 aromatic heterocycles. The van der Waals surface area contributed by atoms with E-state index in [4.69, 9.17) is 4.74 Å². The van der Waals surface area contributed by atoms with Crippen molar-refractivity contribution in [3.05, 3.63) is 63.7 Å². The summed E-state index contributed by atoms with van der Waals surface area (Å²) in [5, 5.41) is 8.88. The van der Waals surface area contributed by atoms with Gasteiger partial charge in [0.2, 0.25) is 5.91 Å². The van der Waals surface area contributed by atoms with Crippen LogP contribution in [0.1, 0.15) is 33.5 Å². The van der Waals surface area contributed by atoms with Crippen LogP contribution in [0, 0.1) is 0 Å². The molecule has 31 heavy (non-hydrogen) atoms. The predicted molar refractivity (Wildman–Crippen MR) is 120 cm³/mol. The van der Waals surface area contributed by atoms with Gasteiger partial charge in [-0.25, -0.2) is 9.97 Å². The Labute approximate surface area is 184 Å². The first kappa shape index (κ1) is 20.8. The zero-order valence-corrected chi connectivity index (χ0v) is 18.2. The van der Waals surface area contributed by atoms with Crippen molar-refractivity contribution in [2.45, 2.75) is 26.4 Å². The van der Waals surface area contributed by atoms with E-state index in [-0.39, 0.29) is 18.4 Å². The number of aryl methyl sites for hydroxylation is 1. The summed E-state index contributed by atoms with van der Waals surface area (Å²) in [4.78, 5) is 35.8. The van der Waals surface area contributed by atoms with Crippen LogP contribution in [0.15, 0.2) is 41.9 Å². The fourth-order valence-electron chi connectivity index (χ4n) is 3.26. The highest BCUT2D eigenvalue weighted by Crippen LogP contribution is 2.30. The molecule has 0 atom stereocenters. The molecular formula is C22H23N5O3S. The number of rotatable bonds is 7. The maximum Gasteiger partial charge on any atom is 0.253 e. The van der Waals surface area contributed by atoms with Crippen LogP contribution in [0.25, 0.3) is 0 Å². The number of aromatic nitrogens is 2. The monoisotopic (exact) mass is 437 g/mol. The van der Waals surface area contributed by atoms with E-state index in [0.29, 0.717) is 30.2 Å². The SMILES string of the molecule is CCc1nc(CNC(=O)c2cnc3c(c2)N(Cc2ccc(OC)cc2)C(=O)CN3)cs1. The van der Waals surface area contributed by atoms with Crippen molar-refractivity contribution in [2.24, 2.45) is 0 Å². The summed E-state index contributed by atoms with van der Waals surface area (Å²) in [6.07, 6.45) is 2.39. The van der Waals surface area contributed by atoms with Crippen molar-refractivity contribution in [1.29, 1.82) is 0 Å². The molecule has 1 aliphatic heterocycles. The molecular weight excluding hydrogens is 414 g/mol. The van der Waals surface area contributed by atoms with E-state index in [9.17, 15) is 9.59 Å². The molecule has 0 bridgehead atoms. The number of carbonyl (C=O) groups excluding carboxylic acids is 2. The quantitative estimate of drug-likeness (QED) is 0.590.